The van der Waals surface area contributed by atoms with Crippen molar-refractivity contribution < 1.29 is 0 Å². The number of pyridine rings is 1. The van der Waals surface area contributed by atoms with Crippen molar-refractivity contribution in [2.24, 2.45) is 0 Å². The summed E-state index contributed by atoms with van der Waals surface area (Å²) in [7, 11) is 0. The number of nitrogens with zero attached hydrogens (tertiary/aromatic N) is 3. The van der Waals surface area contributed by atoms with Crippen LogP contribution in [0.25, 0.3) is 11.2 Å². The molecule has 6 heteroatoms. The molecule has 1 aliphatic heterocycles. The summed E-state index contributed by atoms with van der Waals surface area (Å²) in [5.74, 6) is 5.42. The van der Waals surface area contributed by atoms with Gasteiger partial charge in [0.05, 0.1) is 0 Å². The van der Waals surface area contributed by atoms with Crippen molar-refractivity contribution in [3.8, 4) is 0 Å². The van der Waals surface area contributed by atoms with Crippen molar-refractivity contribution in [3.05, 3.63) is 23.7 Å². The quantitative estimate of drug-likeness (QED) is 0.806. The number of alkyl halides is 1. The van der Waals surface area contributed by atoms with Crippen LogP contribution in [0.15, 0.2) is 12.3 Å². The summed E-state index contributed by atoms with van der Waals surface area (Å²) in [6.45, 7) is 3.05. The molecule has 0 amide bonds. The van der Waals surface area contributed by atoms with Gasteiger partial charge in [-0.05, 0) is 18.6 Å². The van der Waals surface area contributed by atoms with Crippen molar-refractivity contribution >= 4 is 46.3 Å². The molecule has 1 atom stereocenters. The van der Waals surface area contributed by atoms with E-state index in [0.717, 1.165) is 35.5 Å². The Balaban J connectivity index is 1.95. The number of thioether (sulfide) groups is 2. The van der Waals surface area contributed by atoms with E-state index >= 15 is 0 Å². The number of imidazole rings is 1. The predicted octanol–water partition coefficient (Wildman–Crippen LogP) is 3.37. The lowest BCUT2D eigenvalue weighted by Gasteiger charge is -2.22. The number of hydrogen-bond acceptors (Lipinski definition) is 4. The number of rotatable bonds is 4. The summed E-state index contributed by atoms with van der Waals surface area (Å²) in [6, 6.07) is 2.11. The molecule has 0 radical (unpaired) electrons. The Kier molecular flexibility index (Phi) is 4.79. The molecule has 1 saturated heterocycles. The van der Waals surface area contributed by atoms with Crippen LogP contribution in [0, 0.1) is 6.92 Å². The third kappa shape index (κ3) is 3.10. The van der Waals surface area contributed by atoms with Crippen LogP contribution in [0.3, 0.4) is 0 Å². The molecule has 1 aliphatic rings. The third-order valence-electron chi connectivity index (χ3n) is 3.39. The molecule has 0 spiro atoms. The molecule has 1 fully saturated rings. The zero-order valence-electron chi connectivity index (χ0n) is 11.5. The minimum Gasteiger partial charge on any atom is -0.312 e. The lowest BCUT2D eigenvalue weighted by molar-refractivity contribution is 0.669. The van der Waals surface area contributed by atoms with E-state index in [9.17, 15) is 0 Å². The zero-order chi connectivity index (χ0) is 13.9. The smallest absolute Gasteiger partial charge is 0.160 e. The van der Waals surface area contributed by atoms with E-state index in [2.05, 4.69) is 46.1 Å². The minimum atomic E-state index is 0.606. The Morgan fingerprint density at radius 2 is 2.35 bits per heavy atom. The molecular weight excluding hydrogens is 310 g/mol. The molecule has 2 aromatic rings. The summed E-state index contributed by atoms with van der Waals surface area (Å²) in [6.07, 6.45) is 2.73. The highest BCUT2D eigenvalue weighted by atomic mass is 35.5. The Bertz CT molecular complexity index is 593. The Morgan fingerprint density at radius 3 is 3.10 bits per heavy atom. The van der Waals surface area contributed by atoms with E-state index in [4.69, 9.17) is 16.6 Å². The maximum atomic E-state index is 5.93. The number of aryl methyl sites for hydroxylation is 2. The summed E-state index contributed by atoms with van der Waals surface area (Å²) in [5.41, 5.74) is 3.16. The molecule has 3 heterocycles. The van der Waals surface area contributed by atoms with Gasteiger partial charge < -0.3 is 4.57 Å². The zero-order valence-corrected chi connectivity index (χ0v) is 13.9. The number of aromatic nitrogens is 3. The second-order valence-corrected chi connectivity index (χ2v) is 7.94. The highest BCUT2D eigenvalue weighted by Gasteiger charge is 2.19. The lowest BCUT2D eigenvalue weighted by atomic mass is 10.3. The fraction of sp³-hybridized carbons (Fsp3) is 0.571. The van der Waals surface area contributed by atoms with Gasteiger partial charge in [0.15, 0.2) is 5.65 Å². The average molecular weight is 328 g/mol. The first kappa shape index (κ1) is 14.5. The summed E-state index contributed by atoms with van der Waals surface area (Å²) >= 11 is 10.0. The summed E-state index contributed by atoms with van der Waals surface area (Å²) < 4.78 is 2.28. The van der Waals surface area contributed by atoms with Crippen LogP contribution >= 0.6 is 35.1 Å². The first-order chi connectivity index (χ1) is 9.78. The van der Waals surface area contributed by atoms with Crippen molar-refractivity contribution in [2.75, 3.05) is 23.1 Å². The van der Waals surface area contributed by atoms with Crippen LogP contribution in [0.2, 0.25) is 0 Å². The van der Waals surface area contributed by atoms with Crippen molar-refractivity contribution in [1.29, 1.82) is 0 Å². The highest BCUT2D eigenvalue weighted by Crippen LogP contribution is 2.27. The van der Waals surface area contributed by atoms with Gasteiger partial charge in [0, 0.05) is 47.6 Å². The van der Waals surface area contributed by atoms with Crippen LogP contribution in [0.5, 0.6) is 0 Å². The van der Waals surface area contributed by atoms with E-state index in [1.165, 1.54) is 17.3 Å². The van der Waals surface area contributed by atoms with Gasteiger partial charge in [-0.15, -0.1) is 11.6 Å². The van der Waals surface area contributed by atoms with Gasteiger partial charge >= 0.3 is 0 Å². The van der Waals surface area contributed by atoms with E-state index in [0.29, 0.717) is 11.1 Å². The van der Waals surface area contributed by atoms with Crippen molar-refractivity contribution in [2.45, 2.75) is 25.1 Å². The minimum absolute atomic E-state index is 0.606. The van der Waals surface area contributed by atoms with E-state index < -0.39 is 0 Å². The summed E-state index contributed by atoms with van der Waals surface area (Å²) in [4.78, 5) is 9.32. The highest BCUT2D eigenvalue weighted by molar-refractivity contribution is 8.06. The number of hydrogen-bond donors (Lipinski definition) is 0. The van der Waals surface area contributed by atoms with Crippen LogP contribution in [0.1, 0.15) is 11.4 Å². The number of halogens is 1. The Labute approximate surface area is 132 Å². The SMILES string of the molecule is Cc1cnc2c(c1)nc(CCCl)n2CC1CSCCS1. The molecule has 0 aliphatic carbocycles. The molecule has 20 heavy (non-hydrogen) atoms. The van der Waals surface area contributed by atoms with E-state index in [1.54, 1.807) is 0 Å². The van der Waals surface area contributed by atoms with Gasteiger partial charge in [0.1, 0.15) is 11.3 Å². The maximum absolute atomic E-state index is 5.93. The molecule has 0 bridgehead atoms. The molecule has 0 N–H and O–H groups in total. The first-order valence-electron chi connectivity index (χ1n) is 6.85. The standard InChI is InChI=1S/C14H18ClN3S2/c1-10-6-12-14(16-7-10)18(13(17-12)2-3-15)8-11-9-19-4-5-20-11/h6-7,11H,2-5,8-9H2,1H3. The lowest BCUT2D eigenvalue weighted by Crippen LogP contribution is -2.22. The molecular formula is C14H18ClN3S2. The van der Waals surface area contributed by atoms with Gasteiger partial charge in [-0.1, -0.05) is 0 Å². The van der Waals surface area contributed by atoms with E-state index in [-0.39, 0.29) is 0 Å². The fourth-order valence-corrected chi connectivity index (χ4v) is 5.29. The molecule has 0 aromatic carbocycles. The topological polar surface area (TPSA) is 30.7 Å². The van der Waals surface area contributed by atoms with Gasteiger partial charge in [-0.25, -0.2) is 9.97 Å². The molecule has 0 saturated carbocycles. The monoisotopic (exact) mass is 327 g/mol. The molecule has 3 nitrogen and oxygen atoms in total. The van der Waals surface area contributed by atoms with Gasteiger partial charge in [-0.2, -0.15) is 23.5 Å². The van der Waals surface area contributed by atoms with Crippen LogP contribution in [-0.4, -0.2) is 42.9 Å². The van der Waals surface area contributed by atoms with Crippen LogP contribution in [0.4, 0.5) is 0 Å². The molecule has 3 rings (SSSR count). The average Bonchev–Trinajstić information content (AvgIpc) is 2.77. The first-order valence-corrected chi connectivity index (χ1v) is 9.59. The second-order valence-electron chi connectivity index (χ2n) is 5.00. The largest absolute Gasteiger partial charge is 0.312 e. The van der Waals surface area contributed by atoms with Crippen molar-refractivity contribution in [3.63, 3.8) is 0 Å². The van der Waals surface area contributed by atoms with Crippen LogP contribution < -0.4 is 0 Å². The van der Waals surface area contributed by atoms with Crippen LogP contribution in [-0.2, 0) is 13.0 Å². The third-order valence-corrected chi connectivity index (χ3v) is 6.41. The molecule has 108 valence electrons. The molecule has 2 aromatic heterocycles. The van der Waals surface area contributed by atoms with Crippen molar-refractivity contribution in [1.82, 2.24) is 14.5 Å². The molecule has 1 unspecified atom stereocenters. The maximum Gasteiger partial charge on any atom is 0.160 e. The predicted molar refractivity (Wildman–Crippen MR) is 90.3 cm³/mol. The van der Waals surface area contributed by atoms with Gasteiger partial charge in [-0.3, -0.25) is 0 Å². The Hall–Kier alpha value is -0.390. The summed E-state index contributed by atoms with van der Waals surface area (Å²) in [5, 5.41) is 0.656. The normalized spacial score (nSPS) is 19.6. The number of fused-ring (bicyclic) bond motifs is 1. The van der Waals surface area contributed by atoms with Gasteiger partial charge in [0.2, 0.25) is 0 Å². The second kappa shape index (κ2) is 6.58. The van der Waals surface area contributed by atoms with Gasteiger partial charge in [0.25, 0.3) is 0 Å². The fourth-order valence-electron chi connectivity index (χ4n) is 2.47. The Morgan fingerprint density at radius 1 is 1.45 bits per heavy atom. The van der Waals surface area contributed by atoms with E-state index in [1.807, 2.05) is 6.20 Å².